The lowest BCUT2D eigenvalue weighted by Gasteiger charge is -2.40. The maximum absolute atomic E-state index is 12.3. The standard InChI is InChI=1S/C13H18N4O6S/c1-16-11(22)6-10(15-13(16)24-2)17(4-14-6)12-9(21)8(20)7(19)5(3-18)23-12/h4-5,7-9,12,18-21H,3H2,1-2H3/t5-,7+,8+,9-,12-/m0/s1. The van der Waals surface area contributed by atoms with Crippen LogP contribution in [-0.2, 0) is 11.8 Å². The molecule has 5 atom stereocenters. The largest absolute Gasteiger partial charge is 0.394 e. The Hall–Kier alpha value is -1.50. The summed E-state index contributed by atoms with van der Waals surface area (Å²) in [7, 11) is 1.58. The van der Waals surface area contributed by atoms with E-state index in [-0.39, 0.29) is 16.7 Å². The predicted octanol–water partition coefficient (Wildman–Crippen LogP) is -2.18. The van der Waals surface area contributed by atoms with Gasteiger partial charge in [-0.05, 0) is 6.26 Å². The molecule has 10 nitrogen and oxygen atoms in total. The smallest absolute Gasteiger partial charge is 0.282 e. The molecule has 2 aromatic rings. The highest BCUT2D eigenvalue weighted by molar-refractivity contribution is 7.98. The Bertz CT molecular complexity index is 806. The molecule has 1 saturated heterocycles. The summed E-state index contributed by atoms with van der Waals surface area (Å²) in [5.41, 5.74) is -0.0771. The molecule has 24 heavy (non-hydrogen) atoms. The number of aliphatic hydroxyl groups excluding tert-OH is 4. The molecule has 4 N–H and O–H groups in total. The zero-order valence-corrected chi connectivity index (χ0v) is 13.8. The Morgan fingerprint density at radius 3 is 2.62 bits per heavy atom. The molecule has 3 heterocycles. The first kappa shape index (κ1) is 17.3. The minimum absolute atomic E-state index is 0.0901. The number of rotatable bonds is 3. The van der Waals surface area contributed by atoms with Crippen molar-refractivity contribution in [2.24, 2.45) is 7.05 Å². The summed E-state index contributed by atoms with van der Waals surface area (Å²) in [5.74, 6) is 0. The number of hydrogen-bond donors (Lipinski definition) is 4. The monoisotopic (exact) mass is 358 g/mol. The van der Waals surface area contributed by atoms with Gasteiger partial charge in [0.15, 0.2) is 22.5 Å². The van der Waals surface area contributed by atoms with Crippen LogP contribution in [0, 0.1) is 0 Å². The van der Waals surface area contributed by atoms with Gasteiger partial charge in [-0.25, -0.2) is 9.97 Å². The van der Waals surface area contributed by atoms with Crippen LogP contribution >= 0.6 is 11.8 Å². The van der Waals surface area contributed by atoms with Crippen molar-refractivity contribution in [1.82, 2.24) is 19.1 Å². The SMILES string of the molecule is CSc1nc2c(ncn2[C@H]2O[C@@H](CO)[C@@H](O)[C@@H](O)[C@@H]2O)c(=O)n1C. The molecule has 132 valence electrons. The summed E-state index contributed by atoms with van der Waals surface area (Å²) in [5, 5.41) is 39.7. The lowest BCUT2D eigenvalue weighted by atomic mass is 9.98. The van der Waals surface area contributed by atoms with Gasteiger partial charge in [0.2, 0.25) is 0 Å². The molecule has 0 radical (unpaired) electrons. The van der Waals surface area contributed by atoms with Gasteiger partial charge >= 0.3 is 0 Å². The highest BCUT2D eigenvalue weighted by atomic mass is 32.2. The first-order chi connectivity index (χ1) is 11.4. The van der Waals surface area contributed by atoms with Crippen molar-refractivity contribution in [2.45, 2.75) is 35.8 Å². The molecule has 3 rings (SSSR count). The number of fused-ring (bicyclic) bond motifs is 1. The third kappa shape index (κ3) is 2.53. The lowest BCUT2D eigenvalue weighted by molar-refractivity contribution is -0.250. The number of nitrogens with zero attached hydrogens (tertiary/aromatic N) is 4. The van der Waals surface area contributed by atoms with Crippen molar-refractivity contribution >= 4 is 22.9 Å². The Balaban J connectivity index is 2.12. The fourth-order valence-electron chi connectivity index (χ4n) is 2.71. The number of hydrogen-bond acceptors (Lipinski definition) is 9. The van der Waals surface area contributed by atoms with Crippen LogP contribution in [0.15, 0.2) is 16.3 Å². The molecule has 11 heteroatoms. The molecule has 0 bridgehead atoms. The summed E-state index contributed by atoms with van der Waals surface area (Å²) in [6.45, 7) is -0.542. The minimum Gasteiger partial charge on any atom is -0.394 e. The van der Waals surface area contributed by atoms with Crippen molar-refractivity contribution in [3.8, 4) is 0 Å². The Morgan fingerprint density at radius 1 is 1.29 bits per heavy atom. The van der Waals surface area contributed by atoms with Crippen molar-refractivity contribution < 1.29 is 25.2 Å². The third-order valence-corrected chi connectivity index (χ3v) is 4.82. The zero-order chi connectivity index (χ0) is 17.6. The van der Waals surface area contributed by atoms with Crippen LogP contribution in [-0.4, -0.2) is 76.8 Å². The molecule has 2 aromatic heterocycles. The van der Waals surface area contributed by atoms with Crippen LogP contribution < -0.4 is 5.56 Å². The van der Waals surface area contributed by atoms with Gasteiger partial charge in [-0.1, -0.05) is 11.8 Å². The first-order valence-electron chi connectivity index (χ1n) is 7.18. The third-order valence-electron chi connectivity index (χ3n) is 4.09. The molecule has 0 amide bonds. The Morgan fingerprint density at radius 2 is 2.00 bits per heavy atom. The van der Waals surface area contributed by atoms with Crippen LogP contribution in [0.4, 0.5) is 0 Å². The van der Waals surface area contributed by atoms with Gasteiger partial charge < -0.3 is 25.2 Å². The van der Waals surface area contributed by atoms with Crippen molar-refractivity contribution in [2.75, 3.05) is 12.9 Å². The molecule has 1 aliphatic rings. The zero-order valence-electron chi connectivity index (χ0n) is 13.0. The van der Waals surface area contributed by atoms with Crippen LogP contribution in [0.3, 0.4) is 0 Å². The molecular weight excluding hydrogens is 340 g/mol. The van der Waals surface area contributed by atoms with Crippen LogP contribution in [0.1, 0.15) is 6.23 Å². The normalized spacial score (nSPS) is 30.8. The minimum atomic E-state index is -1.52. The number of thioether (sulfide) groups is 1. The number of aliphatic hydroxyl groups is 4. The Kier molecular flexibility index (Phi) is 4.64. The maximum Gasteiger partial charge on any atom is 0.282 e. The first-order valence-corrected chi connectivity index (χ1v) is 8.41. The average Bonchev–Trinajstić information content (AvgIpc) is 3.00. The fourth-order valence-corrected chi connectivity index (χ4v) is 3.24. The quantitative estimate of drug-likeness (QED) is 0.356. The van der Waals surface area contributed by atoms with E-state index in [1.165, 1.54) is 27.2 Å². The molecule has 0 aliphatic carbocycles. The Labute approximate surface area is 140 Å². The van der Waals surface area contributed by atoms with E-state index in [0.717, 1.165) is 0 Å². The van der Waals surface area contributed by atoms with Gasteiger partial charge in [-0.15, -0.1) is 0 Å². The second-order valence-corrected chi connectivity index (χ2v) is 6.28. The van der Waals surface area contributed by atoms with Gasteiger partial charge in [0.25, 0.3) is 5.56 Å². The van der Waals surface area contributed by atoms with Crippen molar-refractivity contribution in [1.29, 1.82) is 0 Å². The average molecular weight is 358 g/mol. The van der Waals surface area contributed by atoms with E-state index in [9.17, 15) is 25.2 Å². The topological polar surface area (TPSA) is 143 Å². The van der Waals surface area contributed by atoms with Gasteiger partial charge in [-0.2, -0.15) is 0 Å². The molecule has 0 spiro atoms. The van der Waals surface area contributed by atoms with E-state index in [4.69, 9.17) is 4.74 Å². The molecule has 0 aromatic carbocycles. The number of aromatic nitrogens is 4. The summed E-state index contributed by atoms with van der Waals surface area (Å²) in [6.07, 6.45) is -3.64. The summed E-state index contributed by atoms with van der Waals surface area (Å²) < 4.78 is 8.16. The highest BCUT2D eigenvalue weighted by Crippen LogP contribution is 2.30. The maximum atomic E-state index is 12.3. The van der Waals surface area contributed by atoms with Gasteiger partial charge in [0, 0.05) is 7.05 Å². The van der Waals surface area contributed by atoms with Crippen molar-refractivity contribution in [3.05, 3.63) is 16.7 Å². The predicted molar refractivity (Wildman–Crippen MR) is 83.6 cm³/mol. The second kappa shape index (κ2) is 6.43. The van der Waals surface area contributed by atoms with Gasteiger partial charge in [-0.3, -0.25) is 13.9 Å². The van der Waals surface area contributed by atoms with Crippen LogP contribution in [0.25, 0.3) is 11.2 Å². The second-order valence-electron chi connectivity index (χ2n) is 5.51. The molecule has 0 unspecified atom stereocenters. The van der Waals surface area contributed by atoms with E-state index in [2.05, 4.69) is 9.97 Å². The number of imidazole rings is 1. The van der Waals surface area contributed by atoms with Gasteiger partial charge in [0.05, 0.1) is 12.9 Å². The van der Waals surface area contributed by atoms with Gasteiger partial charge in [0.1, 0.15) is 24.4 Å². The summed E-state index contributed by atoms with van der Waals surface area (Å²) in [6, 6.07) is 0. The van der Waals surface area contributed by atoms with Crippen molar-refractivity contribution in [3.63, 3.8) is 0 Å². The molecule has 0 saturated carbocycles. The van der Waals surface area contributed by atoms with E-state index >= 15 is 0 Å². The van der Waals surface area contributed by atoms with E-state index in [0.29, 0.717) is 5.16 Å². The number of ether oxygens (including phenoxy) is 1. The fraction of sp³-hybridized carbons (Fsp3) is 0.615. The lowest BCUT2D eigenvalue weighted by Crippen LogP contribution is -2.56. The summed E-state index contributed by atoms with van der Waals surface area (Å²) >= 11 is 1.27. The van der Waals surface area contributed by atoms with E-state index < -0.39 is 37.3 Å². The highest BCUT2D eigenvalue weighted by Gasteiger charge is 2.44. The molecular formula is C13H18N4O6S. The van der Waals surface area contributed by atoms with Crippen LogP contribution in [0.5, 0.6) is 0 Å². The van der Waals surface area contributed by atoms with E-state index in [1.54, 1.807) is 13.3 Å². The van der Waals surface area contributed by atoms with Crippen LogP contribution in [0.2, 0.25) is 0 Å². The molecule has 1 aliphatic heterocycles. The molecule has 1 fully saturated rings. The summed E-state index contributed by atoms with van der Waals surface area (Å²) in [4.78, 5) is 20.7. The van der Waals surface area contributed by atoms with E-state index in [1.807, 2.05) is 0 Å².